The van der Waals surface area contributed by atoms with Crippen LogP contribution in [0.15, 0.2) is 18.2 Å². The summed E-state index contributed by atoms with van der Waals surface area (Å²) in [5.41, 5.74) is -0.385. The van der Waals surface area contributed by atoms with Gasteiger partial charge in [0.25, 0.3) is 5.91 Å². The normalized spacial score (nSPS) is 23.5. The number of hydrogen-bond donors (Lipinski definition) is 1. The maximum atomic E-state index is 12.5. The van der Waals surface area contributed by atoms with E-state index in [9.17, 15) is 9.59 Å². The third kappa shape index (κ3) is 2.55. The number of anilines is 1. The summed E-state index contributed by atoms with van der Waals surface area (Å²) in [6.07, 6.45) is 0.513. The zero-order chi connectivity index (χ0) is 14.2. The second kappa shape index (κ2) is 5.02. The fourth-order valence-electron chi connectivity index (χ4n) is 2.05. The van der Waals surface area contributed by atoms with Crippen LogP contribution in [0, 0.1) is 0 Å². The molecule has 6 heteroatoms. The van der Waals surface area contributed by atoms with E-state index in [0.29, 0.717) is 22.2 Å². The van der Waals surface area contributed by atoms with Crippen molar-refractivity contribution < 1.29 is 9.59 Å². The van der Waals surface area contributed by atoms with Gasteiger partial charge >= 0.3 is 0 Å². The van der Waals surface area contributed by atoms with E-state index in [-0.39, 0.29) is 18.4 Å². The number of amides is 2. The zero-order valence-electron chi connectivity index (χ0n) is 10.7. The molecule has 102 valence electrons. The Bertz CT molecular complexity index is 547. The predicted octanol–water partition coefficient (Wildman–Crippen LogP) is 2.62. The predicted molar refractivity (Wildman–Crippen MR) is 75.7 cm³/mol. The Hall–Kier alpha value is -1.26. The molecule has 1 aromatic rings. The van der Waals surface area contributed by atoms with Gasteiger partial charge in [-0.3, -0.25) is 14.5 Å². The van der Waals surface area contributed by atoms with Crippen molar-refractivity contribution in [2.45, 2.75) is 25.8 Å². The summed E-state index contributed by atoms with van der Waals surface area (Å²) in [5, 5.41) is 3.57. The number of piperazine rings is 1. The van der Waals surface area contributed by atoms with Crippen LogP contribution in [-0.4, -0.2) is 23.9 Å². The van der Waals surface area contributed by atoms with Crippen molar-refractivity contribution in [3.63, 3.8) is 0 Å². The lowest BCUT2D eigenvalue weighted by Crippen LogP contribution is -2.65. The maximum Gasteiger partial charge on any atom is 0.252 e. The highest BCUT2D eigenvalue weighted by Gasteiger charge is 2.42. The van der Waals surface area contributed by atoms with E-state index >= 15 is 0 Å². The van der Waals surface area contributed by atoms with Crippen LogP contribution < -0.4 is 10.2 Å². The molecule has 19 heavy (non-hydrogen) atoms. The second-order valence-electron chi connectivity index (χ2n) is 4.72. The Labute approximate surface area is 121 Å². The van der Waals surface area contributed by atoms with Crippen molar-refractivity contribution in [3.05, 3.63) is 28.2 Å². The molecule has 2 rings (SSSR count). The molecule has 1 aliphatic rings. The van der Waals surface area contributed by atoms with Gasteiger partial charge in [-0.2, -0.15) is 0 Å². The van der Waals surface area contributed by atoms with Gasteiger partial charge in [0.2, 0.25) is 5.91 Å². The molecule has 0 aromatic heterocycles. The van der Waals surface area contributed by atoms with Crippen LogP contribution in [0.3, 0.4) is 0 Å². The second-order valence-corrected chi connectivity index (χ2v) is 5.56. The van der Waals surface area contributed by atoms with Gasteiger partial charge in [0, 0.05) is 5.02 Å². The van der Waals surface area contributed by atoms with Crippen LogP contribution in [-0.2, 0) is 9.59 Å². The van der Waals surface area contributed by atoms with Crippen molar-refractivity contribution in [3.8, 4) is 0 Å². The molecule has 1 saturated heterocycles. The standard InChI is InChI=1S/C13H14Cl2N2O2/c1-3-13(2)12(19)17(7-11(18)16-13)10-5-4-8(14)6-9(10)15/h4-6H,3,7H2,1-2H3,(H,16,18). The molecule has 0 aliphatic carbocycles. The lowest BCUT2D eigenvalue weighted by atomic mass is 9.94. The molecule has 1 unspecified atom stereocenters. The minimum Gasteiger partial charge on any atom is -0.340 e. The monoisotopic (exact) mass is 300 g/mol. The molecular formula is C13H14Cl2N2O2. The number of nitrogens with zero attached hydrogens (tertiary/aromatic N) is 1. The minimum absolute atomic E-state index is 0.0320. The number of rotatable bonds is 2. The van der Waals surface area contributed by atoms with E-state index < -0.39 is 5.54 Å². The maximum absolute atomic E-state index is 12.5. The first-order valence-electron chi connectivity index (χ1n) is 5.95. The molecule has 1 fully saturated rings. The first kappa shape index (κ1) is 14.2. The van der Waals surface area contributed by atoms with Crippen molar-refractivity contribution in [2.75, 3.05) is 11.4 Å². The molecule has 1 aromatic carbocycles. The number of nitrogens with one attached hydrogen (secondary N) is 1. The number of hydrogen-bond acceptors (Lipinski definition) is 2. The largest absolute Gasteiger partial charge is 0.340 e. The smallest absolute Gasteiger partial charge is 0.252 e. The van der Waals surface area contributed by atoms with Crippen LogP contribution in [0.25, 0.3) is 0 Å². The minimum atomic E-state index is -0.891. The third-order valence-corrected chi connectivity index (χ3v) is 3.88. The highest BCUT2D eigenvalue weighted by Crippen LogP contribution is 2.32. The van der Waals surface area contributed by atoms with E-state index in [0.717, 1.165) is 0 Å². The van der Waals surface area contributed by atoms with E-state index in [1.165, 1.54) is 4.90 Å². The van der Waals surface area contributed by atoms with Gasteiger partial charge in [-0.25, -0.2) is 0 Å². The average molecular weight is 301 g/mol. The Morgan fingerprint density at radius 1 is 1.37 bits per heavy atom. The summed E-state index contributed by atoms with van der Waals surface area (Å²) in [6, 6.07) is 4.85. The highest BCUT2D eigenvalue weighted by atomic mass is 35.5. The lowest BCUT2D eigenvalue weighted by Gasteiger charge is -2.39. The van der Waals surface area contributed by atoms with Gasteiger partial charge in [-0.1, -0.05) is 30.1 Å². The summed E-state index contributed by atoms with van der Waals surface area (Å²) in [7, 11) is 0. The molecule has 0 bridgehead atoms. The van der Waals surface area contributed by atoms with Crippen molar-refractivity contribution >= 4 is 40.7 Å². The van der Waals surface area contributed by atoms with Crippen LogP contribution in [0.4, 0.5) is 5.69 Å². The van der Waals surface area contributed by atoms with Crippen LogP contribution >= 0.6 is 23.2 Å². The Morgan fingerprint density at radius 2 is 2.05 bits per heavy atom. The first-order valence-corrected chi connectivity index (χ1v) is 6.71. The Balaban J connectivity index is 2.43. The van der Waals surface area contributed by atoms with Crippen LogP contribution in [0.1, 0.15) is 20.3 Å². The Morgan fingerprint density at radius 3 is 2.63 bits per heavy atom. The molecule has 0 spiro atoms. The summed E-state index contributed by atoms with van der Waals surface area (Å²) in [6.45, 7) is 3.53. The van der Waals surface area contributed by atoms with Crippen molar-refractivity contribution in [1.82, 2.24) is 5.32 Å². The zero-order valence-corrected chi connectivity index (χ0v) is 12.2. The molecule has 4 nitrogen and oxygen atoms in total. The molecule has 1 atom stereocenters. The molecule has 2 amide bonds. The molecule has 0 saturated carbocycles. The van der Waals surface area contributed by atoms with Crippen molar-refractivity contribution in [1.29, 1.82) is 0 Å². The van der Waals surface area contributed by atoms with Gasteiger partial charge in [-0.05, 0) is 31.5 Å². The topological polar surface area (TPSA) is 49.4 Å². The van der Waals surface area contributed by atoms with Gasteiger partial charge in [-0.15, -0.1) is 0 Å². The summed E-state index contributed by atoms with van der Waals surface area (Å²) < 4.78 is 0. The van der Waals surface area contributed by atoms with E-state index in [1.807, 2.05) is 6.92 Å². The van der Waals surface area contributed by atoms with Gasteiger partial charge in [0.05, 0.1) is 10.7 Å². The molecule has 1 heterocycles. The number of benzene rings is 1. The van der Waals surface area contributed by atoms with Crippen LogP contribution in [0.5, 0.6) is 0 Å². The summed E-state index contributed by atoms with van der Waals surface area (Å²) >= 11 is 11.9. The van der Waals surface area contributed by atoms with E-state index in [2.05, 4.69) is 5.32 Å². The van der Waals surface area contributed by atoms with Gasteiger partial charge in [0.15, 0.2) is 0 Å². The SMILES string of the molecule is CCC1(C)NC(=O)CN(c2ccc(Cl)cc2Cl)C1=O. The average Bonchev–Trinajstić information content (AvgIpc) is 2.34. The molecule has 1 aliphatic heterocycles. The van der Waals surface area contributed by atoms with Crippen molar-refractivity contribution in [2.24, 2.45) is 0 Å². The molecule has 0 radical (unpaired) electrons. The first-order chi connectivity index (χ1) is 8.87. The van der Waals surface area contributed by atoms with E-state index in [1.54, 1.807) is 25.1 Å². The van der Waals surface area contributed by atoms with E-state index in [4.69, 9.17) is 23.2 Å². The van der Waals surface area contributed by atoms with Crippen LogP contribution in [0.2, 0.25) is 10.0 Å². The molecular weight excluding hydrogens is 287 g/mol. The molecule has 1 N–H and O–H groups in total. The van der Waals surface area contributed by atoms with Gasteiger partial charge in [0.1, 0.15) is 12.1 Å². The Kier molecular flexibility index (Phi) is 3.74. The summed E-state index contributed by atoms with van der Waals surface area (Å²) in [4.78, 5) is 25.7. The third-order valence-electron chi connectivity index (χ3n) is 3.34. The quantitative estimate of drug-likeness (QED) is 0.913. The number of carbonyl (C=O) groups excluding carboxylic acids is 2. The fourth-order valence-corrected chi connectivity index (χ4v) is 2.56. The fraction of sp³-hybridized carbons (Fsp3) is 0.385. The lowest BCUT2D eigenvalue weighted by molar-refractivity contribution is -0.135. The van der Waals surface area contributed by atoms with Gasteiger partial charge < -0.3 is 5.32 Å². The highest BCUT2D eigenvalue weighted by molar-refractivity contribution is 6.37. The summed E-state index contributed by atoms with van der Waals surface area (Å²) in [5.74, 6) is -0.367. The number of halogens is 2. The number of carbonyl (C=O) groups is 2.